The maximum Gasteiger partial charge on any atom is 0.239 e. The van der Waals surface area contributed by atoms with E-state index in [0.29, 0.717) is 6.42 Å². The van der Waals surface area contributed by atoms with E-state index in [1.165, 1.54) is 0 Å². The lowest BCUT2D eigenvalue weighted by Gasteiger charge is -2.26. The van der Waals surface area contributed by atoms with Crippen molar-refractivity contribution in [3.63, 3.8) is 0 Å². The summed E-state index contributed by atoms with van der Waals surface area (Å²) in [5.41, 5.74) is 6.72. The van der Waals surface area contributed by atoms with E-state index in [2.05, 4.69) is 10.2 Å². The van der Waals surface area contributed by atoms with Crippen LogP contribution in [0.3, 0.4) is 0 Å². The Morgan fingerprint density at radius 3 is 2.64 bits per heavy atom. The number of hydrogen-bond donors (Lipinski definition) is 1. The van der Waals surface area contributed by atoms with Crippen molar-refractivity contribution in [2.24, 2.45) is 0 Å². The van der Waals surface area contributed by atoms with E-state index in [0.717, 1.165) is 32.7 Å². The molecule has 0 bridgehead atoms. The summed E-state index contributed by atoms with van der Waals surface area (Å²) in [7, 11) is 0. The van der Waals surface area contributed by atoms with Gasteiger partial charge in [-0.05, 0) is 0 Å². The molecule has 11 heavy (non-hydrogen) atoms. The summed E-state index contributed by atoms with van der Waals surface area (Å²) >= 11 is 0. The van der Waals surface area contributed by atoms with E-state index in [1.807, 2.05) is 0 Å². The van der Waals surface area contributed by atoms with Crippen LogP contribution in [0.15, 0.2) is 0 Å². The fourth-order valence-electron chi connectivity index (χ4n) is 1.19. The molecule has 0 aliphatic carbocycles. The molecule has 1 heterocycles. The van der Waals surface area contributed by atoms with Crippen LogP contribution >= 0.6 is 0 Å². The molecule has 4 heteroatoms. The van der Waals surface area contributed by atoms with Crippen molar-refractivity contribution in [2.45, 2.75) is 6.42 Å². The van der Waals surface area contributed by atoms with Crippen LogP contribution in [0.1, 0.15) is 6.42 Å². The van der Waals surface area contributed by atoms with Crippen LogP contribution in [0, 0.1) is 0 Å². The maximum absolute atomic E-state index is 10.3. The number of piperazine rings is 1. The minimum atomic E-state index is -0.455. The Morgan fingerprint density at radius 2 is 2.09 bits per heavy atom. The van der Waals surface area contributed by atoms with Crippen molar-refractivity contribution in [3.8, 4) is 0 Å². The Hall–Kier alpha value is -0.610. The van der Waals surface area contributed by atoms with Crippen molar-refractivity contribution < 1.29 is 4.79 Å². The van der Waals surface area contributed by atoms with E-state index < -0.39 is 5.91 Å². The molecule has 1 radical (unpaired) electrons. The summed E-state index contributed by atoms with van der Waals surface area (Å²) in [6.07, 6.45) is 0.375. The predicted octanol–water partition coefficient (Wildman–Crippen LogP) is -0.909. The molecule has 0 spiro atoms. The number of hydrogen-bond acceptors (Lipinski definition) is 3. The van der Waals surface area contributed by atoms with Crippen LogP contribution in [0.25, 0.3) is 0 Å². The Morgan fingerprint density at radius 1 is 1.45 bits per heavy atom. The zero-order valence-corrected chi connectivity index (χ0v) is 6.60. The summed E-state index contributed by atoms with van der Waals surface area (Å²) in [6.45, 7) is 4.78. The number of carbonyl (C=O) groups excluding carboxylic acids is 1. The first-order valence-corrected chi connectivity index (χ1v) is 3.96. The lowest BCUT2D eigenvalue weighted by molar-refractivity contribution is -0.119. The summed E-state index contributed by atoms with van der Waals surface area (Å²) in [4.78, 5) is 12.5. The molecule has 63 valence electrons. The first kappa shape index (κ1) is 8.49. The van der Waals surface area contributed by atoms with E-state index in [-0.39, 0.29) is 0 Å². The average molecular weight is 156 g/mol. The smallest absolute Gasteiger partial charge is 0.239 e. The highest BCUT2D eigenvalue weighted by Crippen LogP contribution is 1.93. The molecule has 1 aliphatic rings. The average Bonchev–Trinajstić information content (AvgIpc) is 2.03. The molecule has 4 nitrogen and oxygen atoms in total. The first-order valence-electron chi connectivity index (χ1n) is 3.96. The molecule has 1 amide bonds. The third kappa shape index (κ3) is 3.34. The van der Waals surface area contributed by atoms with E-state index in [1.54, 1.807) is 0 Å². The van der Waals surface area contributed by atoms with Crippen LogP contribution in [0.5, 0.6) is 0 Å². The highest BCUT2D eigenvalue weighted by molar-refractivity contribution is 5.73. The van der Waals surface area contributed by atoms with E-state index in [4.69, 9.17) is 5.73 Å². The molecule has 2 N–H and O–H groups in total. The van der Waals surface area contributed by atoms with Gasteiger partial charge in [-0.3, -0.25) is 10.5 Å². The fraction of sp³-hybridized carbons (Fsp3) is 0.857. The maximum atomic E-state index is 10.3. The van der Waals surface area contributed by atoms with Gasteiger partial charge in [-0.1, -0.05) is 0 Å². The number of amides is 1. The zero-order chi connectivity index (χ0) is 8.10. The fourth-order valence-corrected chi connectivity index (χ4v) is 1.19. The normalized spacial score (nSPS) is 20.0. The number of carbonyl (C=O) groups is 1. The van der Waals surface area contributed by atoms with Crippen molar-refractivity contribution in [2.75, 3.05) is 32.7 Å². The topological polar surface area (TPSA) is 56.1 Å². The van der Waals surface area contributed by atoms with Gasteiger partial charge in [0, 0.05) is 39.1 Å². The number of nitrogens with zero attached hydrogens (tertiary/aromatic N) is 1. The quantitative estimate of drug-likeness (QED) is 0.575. The van der Waals surface area contributed by atoms with Crippen molar-refractivity contribution in [1.29, 1.82) is 0 Å². The SMILES string of the molecule is [NH]C(=O)CCN1CCNCC1. The highest BCUT2D eigenvalue weighted by Gasteiger charge is 2.09. The zero-order valence-electron chi connectivity index (χ0n) is 6.60. The van der Waals surface area contributed by atoms with Gasteiger partial charge >= 0.3 is 0 Å². The Balaban J connectivity index is 2.09. The molecule has 1 rings (SSSR count). The lowest BCUT2D eigenvalue weighted by atomic mass is 10.3. The van der Waals surface area contributed by atoms with Gasteiger partial charge < -0.3 is 10.2 Å². The molecule has 0 aromatic carbocycles. The lowest BCUT2D eigenvalue weighted by Crippen LogP contribution is -2.44. The second-order valence-corrected chi connectivity index (χ2v) is 2.76. The standard InChI is InChI=1S/C7H14N3O/c8-7(11)1-4-10-5-2-9-3-6-10/h8-9H,1-6H2. The minimum absolute atomic E-state index is 0.375. The second kappa shape index (κ2) is 4.31. The minimum Gasteiger partial charge on any atom is -0.314 e. The number of nitrogens with one attached hydrogen (secondary N) is 2. The monoisotopic (exact) mass is 156 g/mol. The third-order valence-corrected chi connectivity index (χ3v) is 1.86. The van der Waals surface area contributed by atoms with Gasteiger partial charge in [0.15, 0.2) is 0 Å². The van der Waals surface area contributed by atoms with Gasteiger partial charge in [0.05, 0.1) is 0 Å². The van der Waals surface area contributed by atoms with E-state index in [9.17, 15) is 4.79 Å². The van der Waals surface area contributed by atoms with Gasteiger partial charge in [-0.2, -0.15) is 0 Å². The van der Waals surface area contributed by atoms with Gasteiger partial charge in [0.2, 0.25) is 5.91 Å². The molecule has 1 saturated heterocycles. The molecule has 1 fully saturated rings. The summed E-state index contributed by atoms with van der Waals surface area (Å²) in [5, 5.41) is 3.23. The Kier molecular flexibility index (Phi) is 3.32. The first-order chi connectivity index (χ1) is 5.29. The van der Waals surface area contributed by atoms with Gasteiger partial charge in [0.1, 0.15) is 0 Å². The molecule has 0 atom stereocenters. The summed E-state index contributed by atoms with van der Waals surface area (Å²) < 4.78 is 0. The summed E-state index contributed by atoms with van der Waals surface area (Å²) in [5.74, 6) is -0.455. The molecular weight excluding hydrogens is 142 g/mol. The van der Waals surface area contributed by atoms with Crippen LogP contribution in [-0.4, -0.2) is 43.5 Å². The van der Waals surface area contributed by atoms with Crippen LogP contribution in [0.4, 0.5) is 0 Å². The second-order valence-electron chi connectivity index (χ2n) is 2.76. The predicted molar refractivity (Wildman–Crippen MR) is 42.0 cm³/mol. The van der Waals surface area contributed by atoms with Crippen LogP contribution in [0.2, 0.25) is 0 Å². The molecule has 1 aliphatic heterocycles. The van der Waals surface area contributed by atoms with Crippen LogP contribution < -0.4 is 11.1 Å². The van der Waals surface area contributed by atoms with Crippen molar-refractivity contribution in [3.05, 3.63) is 0 Å². The molecule has 0 saturated carbocycles. The Labute approximate surface area is 66.7 Å². The molecule has 0 unspecified atom stereocenters. The van der Waals surface area contributed by atoms with E-state index >= 15 is 0 Å². The largest absolute Gasteiger partial charge is 0.314 e. The highest BCUT2D eigenvalue weighted by atomic mass is 16.1. The number of rotatable bonds is 3. The third-order valence-electron chi connectivity index (χ3n) is 1.86. The molecular formula is C7H14N3O. The Bertz CT molecular complexity index is 132. The summed E-state index contributed by atoms with van der Waals surface area (Å²) in [6, 6.07) is 0. The van der Waals surface area contributed by atoms with Gasteiger partial charge in [-0.15, -0.1) is 0 Å². The van der Waals surface area contributed by atoms with Crippen molar-refractivity contribution >= 4 is 5.91 Å². The molecule has 0 aromatic heterocycles. The molecule has 0 aromatic rings. The van der Waals surface area contributed by atoms with Gasteiger partial charge in [0.25, 0.3) is 0 Å². The van der Waals surface area contributed by atoms with Crippen molar-refractivity contribution in [1.82, 2.24) is 16.0 Å². The van der Waals surface area contributed by atoms with Crippen LogP contribution in [-0.2, 0) is 4.79 Å². The van der Waals surface area contributed by atoms with Gasteiger partial charge in [-0.25, -0.2) is 0 Å².